The molecule has 0 fully saturated rings. The largest absolute Gasteiger partial charge is 0.468 e. The first-order valence-corrected chi connectivity index (χ1v) is 5.22. The number of rotatable bonds is 6. The third-order valence-corrected chi connectivity index (χ3v) is 2.28. The molecule has 1 N–H and O–H groups in total. The van der Waals surface area contributed by atoms with Crippen LogP contribution in [0.5, 0.6) is 0 Å². The van der Waals surface area contributed by atoms with Crippen LogP contribution in [0.15, 0.2) is 24.3 Å². The molecule has 0 aliphatic rings. The van der Waals surface area contributed by atoms with Gasteiger partial charge in [-0.3, -0.25) is 10.1 Å². The summed E-state index contributed by atoms with van der Waals surface area (Å²) in [6.45, 7) is 0.678. The molecule has 0 unspecified atom stereocenters. The summed E-state index contributed by atoms with van der Waals surface area (Å²) in [5.74, 6) is -0.663. The second-order valence-corrected chi connectivity index (χ2v) is 3.54. The zero-order valence-electron chi connectivity index (χ0n) is 9.90. The van der Waals surface area contributed by atoms with Crippen LogP contribution in [-0.4, -0.2) is 32.8 Å². The van der Waals surface area contributed by atoms with Gasteiger partial charge in [0.1, 0.15) is 11.9 Å². The number of halogens is 1. The van der Waals surface area contributed by atoms with E-state index < -0.39 is 6.04 Å². The van der Waals surface area contributed by atoms with E-state index in [4.69, 9.17) is 4.74 Å². The summed E-state index contributed by atoms with van der Waals surface area (Å²) in [7, 11) is 2.83. The van der Waals surface area contributed by atoms with Gasteiger partial charge in [-0.2, -0.15) is 0 Å². The highest BCUT2D eigenvalue weighted by Crippen LogP contribution is 2.03. The van der Waals surface area contributed by atoms with E-state index in [1.54, 1.807) is 12.1 Å². The Hall–Kier alpha value is -1.46. The van der Waals surface area contributed by atoms with Crippen molar-refractivity contribution in [3.05, 3.63) is 35.6 Å². The molecule has 1 atom stereocenters. The lowest BCUT2D eigenvalue weighted by Crippen LogP contribution is -2.40. The molecule has 0 spiro atoms. The van der Waals surface area contributed by atoms with Crippen LogP contribution in [0.4, 0.5) is 4.39 Å². The molecule has 0 aromatic heterocycles. The van der Waals surface area contributed by atoms with Gasteiger partial charge in [-0.25, -0.2) is 4.39 Å². The van der Waals surface area contributed by atoms with Crippen LogP contribution in [0.25, 0.3) is 0 Å². The van der Waals surface area contributed by atoms with Gasteiger partial charge in [-0.1, -0.05) is 12.1 Å². The Labute approximate surface area is 99.7 Å². The maximum absolute atomic E-state index is 12.7. The van der Waals surface area contributed by atoms with Crippen molar-refractivity contribution in [3.8, 4) is 0 Å². The van der Waals surface area contributed by atoms with E-state index in [0.717, 1.165) is 5.56 Å². The number of hydrogen-bond acceptors (Lipinski definition) is 4. The molecule has 0 bridgehead atoms. The number of carbonyl (C=O) groups excluding carboxylic acids is 1. The van der Waals surface area contributed by atoms with Gasteiger partial charge < -0.3 is 9.47 Å². The number of carbonyl (C=O) groups is 1. The van der Waals surface area contributed by atoms with Crippen molar-refractivity contribution in [2.75, 3.05) is 20.8 Å². The van der Waals surface area contributed by atoms with E-state index in [2.05, 4.69) is 10.1 Å². The van der Waals surface area contributed by atoms with Crippen molar-refractivity contribution in [2.24, 2.45) is 0 Å². The molecule has 0 saturated carbocycles. The van der Waals surface area contributed by atoms with E-state index in [-0.39, 0.29) is 18.4 Å². The van der Waals surface area contributed by atoms with E-state index in [1.165, 1.54) is 26.4 Å². The van der Waals surface area contributed by atoms with E-state index in [1.807, 2.05) is 0 Å². The highest BCUT2D eigenvalue weighted by atomic mass is 19.1. The van der Waals surface area contributed by atoms with E-state index in [0.29, 0.717) is 6.54 Å². The number of esters is 1. The second kappa shape index (κ2) is 6.98. The first-order chi connectivity index (χ1) is 8.17. The van der Waals surface area contributed by atoms with E-state index >= 15 is 0 Å². The number of ether oxygens (including phenoxy) is 2. The predicted octanol–water partition coefficient (Wildman–Crippen LogP) is 1.10. The number of hydrogen-bond donors (Lipinski definition) is 1. The summed E-state index contributed by atoms with van der Waals surface area (Å²) in [4.78, 5) is 11.4. The first kappa shape index (κ1) is 13.6. The van der Waals surface area contributed by atoms with Gasteiger partial charge in [0.15, 0.2) is 0 Å². The van der Waals surface area contributed by atoms with Crippen molar-refractivity contribution in [1.29, 1.82) is 0 Å². The van der Waals surface area contributed by atoms with Gasteiger partial charge in [-0.15, -0.1) is 0 Å². The summed E-state index contributed by atoms with van der Waals surface area (Å²) < 4.78 is 22.2. The highest BCUT2D eigenvalue weighted by Gasteiger charge is 2.17. The Balaban J connectivity index is 2.51. The minimum Gasteiger partial charge on any atom is -0.468 e. The minimum absolute atomic E-state index is 0.230. The summed E-state index contributed by atoms with van der Waals surface area (Å²) >= 11 is 0. The molecule has 0 heterocycles. The average Bonchev–Trinajstić information content (AvgIpc) is 2.35. The fraction of sp³-hybridized carbons (Fsp3) is 0.417. The molecule has 0 amide bonds. The Kier molecular flexibility index (Phi) is 5.59. The quantitative estimate of drug-likeness (QED) is 0.758. The molecule has 5 heteroatoms. The molecule has 1 rings (SSSR count). The van der Waals surface area contributed by atoms with Crippen molar-refractivity contribution in [3.63, 3.8) is 0 Å². The van der Waals surface area contributed by atoms with Crippen molar-refractivity contribution < 1.29 is 18.7 Å². The average molecular weight is 241 g/mol. The van der Waals surface area contributed by atoms with Crippen LogP contribution in [0.2, 0.25) is 0 Å². The standard InChI is InChI=1S/C12H16FNO3/c1-16-8-11(12(15)17-2)14-7-9-3-5-10(13)6-4-9/h3-6,11,14H,7-8H2,1-2H3/t11-/m0/s1. The lowest BCUT2D eigenvalue weighted by atomic mass is 10.2. The summed E-state index contributed by atoms with van der Waals surface area (Å²) in [5.41, 5.74) is 0.886. The van der Waals surface area contributed by atoms with Crippen LogP contribution in [0, 0.1) is 5.82 Å². The van der Waals surface area contributed by atoms with Gasteiger partial charge in [0, 0.05) is 13.7 Å². The van der Waals surface area contributed by atoms with Crippen LogP contribution in [0.1, 0.15) is 5.56 Å². The van der Waals surface area contributed by atoms with Crippen LogP contribution >= 0.6 is 0 Å². The second-order valence-electron chi connectivity index (χ2n) is 3.54. The molecule has 4 nitrogen and oxygen atoms in total. The third kappa shape index (κ3) is 4.50. The van der Waals surface area contributed by atoms with Crippen molar-refractivity contribution in [2.45, 2.75) is 12.6 Å². The van der Waals surface area contributed by atoms with Gasteiger partial charge >= 0.3 is 5.97 Å². The molecule has 94 valence electrons. The molecule has 0 radical (unpaired) electrons. The summed E-state index contributed by atoms with van der Waals surface area (Å²) in [5, 5.41) is 2.99. The number of benzene rings is 1. The monoisotopic (exact) mass is 241 g/mol. The normalized spacial score (nSPS) is 12.2. The van der Waals surface area contributed by atoms with Crippen LogP contribution in [-0.2, 0) is 20.8 Å². The van der Waals surface area contributed by atoms with Gasteiger partial charge in [-0.05, 0) is 17.7 Å². The Morgan fingerprint density at radius 3 is 2.53 bits per heavy atom. The molecule has 17 heavy (non-hydrogen) atoms. The maximum atomic E-state index is 12.7. The van der Waals surface area contributed by atoms with Crippen molar-refractivity contribution >= 4 is 5.97 Å². The summed E-state index contributed by atoms with van der Waals surface area (Å²) in [6, 6.07) is 5.54. The highest BCUT2D eigenvalue weighted by molar-refractivity contribution is 5.75. The lowest BCUT2D eigenvalue weighted by molar-refractivity contribution is -0.144. The number of methoxy groups -OCH3 is 2. The van der Waals surface area contributed by atoms with Crippen molar-refractivity contribution in [1.82, 2.24) is 5.32 Å². The summed E-state index contributed by atoms with van der Waals surface area (Å²) in [6.07, 6.45) is 0. The van der Waals surface area contributed by atoms with Crippen LogP contribution in [0.3, 0.4) is 0 Å². The third-order valence-electron chi connectivity index (χ3n) is 2.28. The fourth-order valence-electron chi connectivity index (χ4n) is 1.36. The van der Waals surface area contributed by atoms with Gasteiger partial charge in [0.05, 0.1) is 13.7 Å². The Bertz CT molecular complexity index is 353. The van der Waals surface area contributed by atoms with E-state index in [9.17, 15) is 9.18 Å². The Morgan fingerprint density at radius 1 is 1.35 bits per heavy atom. The van der Waals surface area contributed by atoms with Crippen LogP contribution < -0.4 is 5.32 Å². The molecule has 1 aromatic carbocycles. The molecule has 1 aromatic rings. The van der Waals surface area contributed by atoms with Gasteiger partial charge in [0.25, 0.3) is 0 Å². The molecule has 0 saturated heterocycles. The minimum atomic E-state index is -0.518. The molecule has 0 aliphatic carbocycles. The lowest BCUT2D eigenvalue weighted by Gasteiger charge is -2.15. The SMILES string of the molecule is COC[C@H](NCc1ccc(F)cc1)C(=O)OC. The zero-order valence-corrected chi connectivity index (χ0v) is 9.90. The zero-order chi connectivity index (χ0) is 12.7. The first-order valence-electron chi connectivity index (χ1n) is 5.22. The smallest absolute Gasteiger partial charge is 0.325 e. The molecular formula is C12H16FNO3. The number of nitrogens with one attached hydrogen (secondary N) is 1. The Morgan fingerprint density at radius 2 is 2.00 bits per heavy atom. The fourth-order valence-corrected chi connectivity index (χ4v) is 1.36. The van der Waals surface area contributed by atoms with Gasteiger partial charge in [0.2, 0.25) is 0 Å². The molecular weight excluding hydrogens is 225 g/mol. The predicted molar refractivity (Wildman–Crippen MR) is 60.9 cm³/mol. The molecule has 0 aliphatic heterocycles. The topological polar surface area (TPSA) is 47.6 Å². The maximum Gasteiger partial charge on any atom is 0.325 e.